The van der Waals surface area contributed by atoms with Crippen LogP contribution in [-0.2, 0) is 0 Å². The van der Waals surface area contributed by atoms with Crippen molar-refractivity contribution >= 4 is 5.82 Å². The number of anilines is 1. The Morgan fingerprint density at radius 3 is 2.57 bits per heavy atom. The molecule has 23 heavy (non-hydrogen) atoms. The molecular weight excluding hydrogens is 290 g/mol. The molecule has 0 aromatic carbocycles. The number of aromatic nitrogens is 4. The number of rotatable bonds is 4. The Morgan fingerprint density at radius 2 is 1.87 bits per heavy atom. The van der Waals surface area contributed by atoms with Crippen LogP contribution in [0.5, 0.6) is 0 Å². The van der Waals surface area contributed by atoms with Gasteiger partial charge in [-0.25, -0.2) is 14.6 Å². The van der Waals surface area contributed by atoms with Gasteiger partial charge in [-0.3, -0.25) is 4.79 Å². The van der Waals surface area contributed by atoms with Crippen molar-refractivity contribution < 1.29 is 0 Å². The van der Waals surface area contributed by atoms with Gasteiger partial charge in [0.25, 0.3) is 5.56 Å². The van der Waals surface area contributed by atoms with Crippen molar-refractivity contribution in [1.82, 2.24) is 19.7 Å². The summed E-state index contributed by atoms with van der Waals surface area (Å²) in [4.78, 5) is 20.3. The molecule has 2 aliphatic rings. The molecule has 6 nitrogen and oxygen atoms in total. The van der Waals surface area contributed by atoms with Crippen molar-refractivity contribution in [2.75, 3.05) is 5.32 Å². The smallest absolute Gasteiger partial charge is 0.267 e. The second-order valence-corrected chi connectivity index (χ2v) is 6.56. The molecule has 0 aliphatic heterocycles. The van der Waals surface area contributed by atoms with Crippen LogP contribution in [-0.4, -0.2) is 25.8 Å². The Balaban J connectivity index is 1.41. The predicted molar refractivity (Wildman–Crippen MR) is 87.4 cm³/mol. The average molecular weight is 311 g/mol. The highest BCUT2D eigenvalue weighted by molar-refractivity contribution is 5.33. The summed E-state index contributed by atoms with van der Waals surface area (Å²) in [6.45, 7) is 0. The fourth-order valence-corrected chi connectivity index (χ4v) is 3.35. The van der Waals surface area contributed by atoms with E-state index in [1.54, 1.807) is 23.3 Å². The first-order valence-corrected chi connectivity index (χ1v) is 8.42. The van der Waals surface area contributed by atoms with E-state index in [2.05, 4.69) is 20.4 Å². The summed E-state index contributed by atoms with van der Waals surface area (Å²) in [5, 5.41) is 8.08. The number of hydrogen-bond acceptors (Lipinski definition) is 5. The van der Waals surface area contributed by atoms with E-state index < -0.39 is 0 Å². The Kier molecular flexibility index (Phi) is 3.81. The standard InChI is InChI=1S/C17H21N5O/c23-17-8-7-15(12-1-2-12)21-22(17)14-5-3-13(4-6-14)20-16-9-10-18-11-19-16/h7-14H,1-6H2,(H,18,19,20). The second-order valence-electron chi connectivity index (χ2n) is 6.56. The zero-order valence-corrected chi connectivity index (χ0v) is 13.1. The van der Waals surface area contributed by atoms with Crippen molar-refractivity contribution in [3.05, 3.63) is 46.8 Å². The lowest BCUT2D eigenvalue weighted by Crippen LogP contribution is -2.33. The van der Waals surface area contributed by atoms with Crippen LogP contribution in [0, 0.1) is 0 Å². The molecule has 0 atom stereocenters. The summed E-state index contributed by atoms with van der Waals surface area (Å²) in [5.41, 5.74) is 1.12. The summed E-state index contributed by atoms with van der Waals surface area (Å²) in [6.07, 6.45) is 9.72. The molecule has 0 spiro atoms. The molecule has 4 rings (SSSR count). The van der Waals surface area contributed by atoms with Gasteiger partial charge < -0.3 is 5.32 Å². The largest absolute Gasteiger partial charge is 0.367 e. The molecule has 6 heteroatoms. The maximum atomic E-state index is 12.2. The fourth-order valence-electron chi connectivity index (χ4n) is 3.35. The van der Waals surface area contributed by atoms with Gasteiger partial charge in [0.1, 0.15) is 12.1 Å². The number of nitrogens with zero attached hydrogens (tertiary/aromatic N) is 4. The zero-order chi connectivity index (χ0) is 15.6. The molecule has 0 bridgehead atoms. The van der Waals surface area contributed by atoms with Gasteiger partial charge in [-0.1, -0.05) is 0 Å². The van der Waals surface area contributed by atoms with Gasteiger partial charge in [-0.2, -0.15) is 5.10 Å². The topological polar surface area (TPSA) is 72.7 Å². The highest BCUT2D eigenvalue weighted by Gasteiger charge is 2.28. The first-order valence-electron chi connectivity index (χ1n) is 8.42. The van der Waals surface area contributed by atoms with E-state index in [4.69, 9.17) is 0 Å². The van der Waals surface area contributed by atoms with Crippen LogP contribution >= 0.6 is 0 Å². The molecule has 2 saturated carbocycles. The summed E-state index contributed by atoms with van der Waals surface area (Å²) in [7, 11) is 0. The van der Waals surface area contributed by atoms with Gasteiger partial charge in [-0.05, 0) is 50.7 Å². The minimum absolute atomic E-state index is 0.0293. The van der Waals surface area contributed by atoms with Gasteiger partial charge in [0.05, 0.1) is 11.7 Å². The van der Waals surface area contributed by atoms with Crippen LogP contribution in [0.1, 0.15) is 56.2 Å². The highest BCUT2D eigenvalue weighted by Crippen LogP contribution is 2.38. The van der Waals surface area contributed by atoms with Gasteiger partial charge in [0.15, 0.2) is 0 Å². The number of hydrogen-bond donors (Lipinski definition) is 1. The normalized spacial score (nSPS) is 24.3. The minimum atomic E-state index is 0.0293. The molecule has 2 aliphatic carbocycles. The summed E-state index contributed by atoms with van der Waals surface area (Å²) < 4.78 is 1.73. The van der Waals surface area contributed by atoms with E-state index >= 15 is 0 Å². The predicted octanol–water partition coefficient (Wildman–Crippen LogP) is 2.51. The third-order valence-corrected chi connectivity index (χ3v) is 4.82. The Morgan fingerprint density at radius 1 is 1.04 bits per heavy atom. The van der Waals surface area contributed by atoms with Crippen LogP contribution in [0.2, 0.25) is 0 Å². The Labute approximate surface area is 135 Å². The third kappa shape index (κ3) is 3.25. The van der Waals surface area contributed by atoms with E-state index in [0.29, 0.717) is 12.0 Å². The molecule has 0 radical (unpaired) electrons. The van der Waals surface area contributed by atoms with Crippen molar-refractivity contribution in [3.63, 3.8) is 0 Å². The maximum Gasteiger partial charge on any atom is 0.267 e. The Hall–Kier alpha value is -2.24. The van der Waals surface area contributed by atoms with E-state index in [1.165, 1.54) is 12.8 Å². The van der Waals surface area contributed by atoms with Gasteiger partial charge in [0.2, 0.25) is 0 Å². The molecule has 120 valence electrons. The van der Waals surface area contributed by atoms with Crippen molar-refractivity contribution in [1.29, 1.82) is 0 Å². The average Bonchev–Trinajstić information content (AvgIpc) is 3.42. The molecule has 2 aromatic rings. The molecule has 2 heterocycles. The lowest BCUT2D eigenvalue weighted by atomic mass is 9.91. The first-order chi connectivity index (χ1) is 11.3. The third-order valence-electron chi connectivity index (χ3n) is 4.82. The second kappa shape index (κ2) is 6.10. The lowest BCUT2D eigenvalue weighted by Gasteiger charge is -2.30. The molecule has 2 aromatic heterocycles. The molecule has 0 amide bonds. The van der Waals surface area contributed by atoms with E-state index in [-0.39, 0.29) is 11.6 Å². The van der Waals surface area contributed by atoms with Gasteiger partial charge >= 0.3 is 0 Å². The van der Waals surface area contributed by atoms with Crippen LogP contribution in [0.3, 0.4) is 0 Å². The van der Waals surface area contributed by atoms with Crippen molar-refractivity contribution in [2.24, 2.45) is 0 Å². The molecule has 0 saturated heterocycles. The molecule has 2 fully saturated rings. The van der Waals surface area contributed by atoms with Crippen molar-refractivity contribution in [2.45, 2.75) is 56.5 Å². The molecular formula is C17H21N5O. The van der Waals surface area contributed by atoms with E-state index in [0.717, 1.165) is 37.2 Å². The first kappa shape index (κ1) is 14.4. The van der Waals surface area contributed by atoms with Gasteiger partial charge in [-0.15, -0.1) is 0 Å². The van der Waals surface area contributed by atoms with E-state index in [1.807, 2.05) is 12.1 Å². The monoisotopic (exact) mass is 311 g/mol. The van der Waals surface area contributed by atoms with Crippen LogP contribution in [0.4, 0.5) is 5.82 Å². The quantitative estimate of drug-likeness (QED) is 0.939. The molecule has 1 N–H and O–H groups in total. The van der Waals surface area contributed by atoms with Gasteiger partial charge in [0, 0.05) is 24.2 Å². The van der Waals surface area contributed by atoms with Crippen LogP contribution < -0.4 is 10.9 Å². The minimum Gasteiger partial charge on any atom is -0.367 e. The SMILES string of the molecule is O=c1ccc(C2CC2)nn1C1CCC(Nc2ccncn2)CC1. The van der Waals surface area contributed by atoms with E-state index in [9.17, 15) is 4.79 Å². The maximum absolute atomic E-state index is 12.2. The number of nitrogens with one attached hydrogen (secondary N) is 1. The lowest BCUT2D eigenvalue weighted by molar-refractivity contribution is 0.301. The Bertz CT molecular complexity index is 717. The van der Waals surface area contributed by atoms with Crippen LogP contribution in [0.15, 0.2) is 35.5 Å². The molecule has 0 unspecified atom stereocenters. The van der Waals surface area contributed by atoms with Crippen LogP contribution in [0.25, 0.3) is 0 Å². The summed E-state index contributed by atoms with van der Waals surface area (Å²) in [5.74, 6) is 1.45. The fraction of sp³-hybridized carbons (Fsp3) is 0.529. The summed E-state index contributed by atoms with van der Waals surface area (Å²) >= 11 is 0. The highest BCUT2D eigenvalue weighted by atomic mass is 16.1. The van der Waals surface area contributed by atoms with Crippen molar-refractivity contribution in [3.8, 4) is 0 Å². The zero-order valence-electron chi connectivity index (χ0n) is 13.1. The summed E-state index contributed by atoms with van der Waals surface area (Å²) in [6, 6.07) is 6.11.